The van der Waals surface area contributed by atoms with E-state index in [0.717, 1.165) is 23.3 Å². The van der Waals surface area contributed by atoms with Gasteiger partial charge in [0.15, 0.2) is 0 Å². The lowest BCUT2D eigenvalue weighted by Gasteiger charge is -2.21. The van der Waals surface area contributed by atoms with Gasteiger partial charge in [0.2, 0.25) is 5.91 Å². The molecule has 1 aromatic rings. The molecule has 1 heterocycles. The first-order valence-corrected chi connectivity index (χ1v) is 9.54. The summed E-state index contributed by atoms with van der Waals surface area (Å²) in [6, 6.07) is -0.473. The predicted octanol–water partition coefficient (Wildman–Crippen LogP) is 2.57. The second-order valence-electron chi connectivity index (χ2n) is 8.18. The zero-order chi connectivity index (χ0) is 20.1. The third kappa shape index (κ3) is 3.22. The van der Waals surface area contributed by atoms with Crippen molar-refractivity contribution in [3.05, 3.63) is 33.4 Å². The van der Waals surface area contributed by atoms with Crippen LogP contribution in [0.4, 0.5) is 4.79 Å². The van der Waals surface area contributed by atoms with Crippen LogP contribution in [-0.2, 0) is 16.1 Å². The van der Waals surface area contributed by atoms with E-state index < -0.39 is 11.6 Å². The molecule has 1 aliphatic carbocycles. The molecule has 2 N–H and O–H groups in total. The van der Waals surface area contributed by atoms with Crippen molar-refractivity contribution in [3.63, 3.8) is 0 Å². The molecule has 0 radical (unpaired) electrons. The van der Waals surface area contributed by atoms with Crippen LogP contribution in [0.2, 0.25) is 0 Å². The quantitative estimate of drug-likeness (QED) is 0.781. The van der Waals surface area contributed by atoms with Crippen molar-refractivity contribution in [1.82, 2.24) is 15.5 Å². The van der Waals surface area contributed by atoms with Crippen LogP contribution in [0.1, 0.15) is 53.1 Å². The highest BCUT2D eigenvalue weighted by Crippen LogP contribution is 2.42. The van der Waals surface area contributed by atoms with E-state index in [2.05, 4.69) is 45.3 Å². The summed E-state index contributed by atoms with van der Waals surface area (Å²) in [5.41, 5.74) is 6.34. The normalized spacial score (nSPS) is 22.2. The molecule has 3 rings (SSSR count). The van der Waals surface area contributed by atoms with Crippen molar-refractivity contribution >= 4 is 17.8 Å². The first kappa shape index (κ1) is 19.4. The maximum absolute atomic E-state index is 12.6. The summed E-state index contributed by atoms with van der Waals surface area (Å²) in [7, 11) is 0. The molecule has 1 atom stereocenters. The van der Waals surface area contributed by atoms with Crippen LogP contribution in [0.25, 0.3) is 0 Å². The zero-order valence-electron chi connectivity index (χ0n) is 17.1. The largest absolute Gasteiger partial charge is 0.350 e. The first-order valence-electron chi connectivity index (χ1n) is 9.54. The second kappa shape index (κ2) is 6.66. The minimum absolute atomic E-state index is 0.186. The number of imide groups is 1. The summed E-state index contributed by atoms with van der Waals surface area (Å²) >= 11 is 0. The fraction of sp³-hybridized carbons (Fsp3) is 0.571. The number of urea groups is 1. The number of nitrogens with zero attached hydrogens (tertiary/aromatic N) is 1. The number of benzene rings is 1. The van der Waals surface area contributed by atoms with Crippen LogP contribution in [-0.4, -0.2) is 34.8 Å². The minimum atomic E-state index is -0.851. The molecular weight excluding hydrogens is 342 g/mol. The van der Waals surface area contributed by atoms with Crippen LogP contribution in [0.3, 0.4) is 0 Å². The van der Waals surface area contributed by atoms with E-state index in [1.807, 2.05) is 0 Å². The summed E-state index contributed by atoms with van der Waals surface area (Å²) in [6.45, 7) is 12.3. The molecule has 4 amide bonds. The third-order valence-electron chi connectivity index (χ3n) is 6.61. The van der Waals surface area contributed by atoms with Gasteiger partial charge in [-0.3, -0.25) is 14.5 Å². The molecule has 1 saturated carbocycles. The average molecular weight is 371 g/mol. The first-order chi connectivity index (χ1) is 12.6. The molecule has 27 heavy (non-hydrogen) atoms. The highest BCUT2D eigenvalue weighted by atomic mass is 16.2. The van der Waals surface area contributed by atoms with Gasteiger partial charge >= 0.3 is 6.03 Å². The fourth-order valence-electron chi connectivity index (χ4n) is 4.03. The lowest BCUT2D eigenvalue weighted by atomic mass is 9.89. The number of carbonyl (C=O) groups excluding carboxylic acids is 3. The van der Waals surface area contributed by atoms with Crippen molar-refractivity contribution in [1.29, 1.82) is 0 Å². The number of amides is 4. The maximum Gasteiger partial charge on any atom is 0.325 e. The molecule has 0 aromatic heterocycles. The van der Waals surface area contributed by atoms with Crippen LogP contribution < -0.4 is 10.6 Å². The van der Waals surface area contributed by atoms with E-state index in [4.69, 9.17) is 0 Å². The molecule has 2 aliphatic rings. The Morgan fingerprint density at radius 2 is 1.56 bits per heavy atom. The van der Waals surface area contributed by atoms with Crippen molar-refractivity contribution in [3.8, 4) is 0 Å². The van der Waals surface area contributed by atoms with E-state index in [1.54, 1.807) is 6.92 Å². The highest BCUT2D eigenvalue weighted by Gasteiger charge is 2.56. The van der Waals surface area contributed by atoms with E-state index in [0.29, 0.717) is 6.54 Å². The smallest absolute Gasteiger partial charge is 0.325 e. The van der Waals surface area contributed by atoms with E-state index in [9.17, 15) is 14.4 Å². The molecule has 146 valence electrons. The number of hydrogen-bond donors (Lipinski definition) is 2. The van der Waals surface area contributed by atoms with Gasteiger partial charge in [-0.25, -0.2) is 4.79 Å². The Morgan fingerprint density at radius 3 is 2.07 bits per heavy atom. The summed E-state index contributed by atoms with van der Waals surface area (Å²) in [6.07, 6.45) is 1.88. The van der Waals surface area contributed by atoms with Crippen LogP contribution in [0, 0.1) is 40.5 Å². The molecule has 1 saturated heterocycles. The molecule has 0 bridgehead atoms. The molecule has 1 aliphatic heterocycles. The molecule has 6 heteroatoms. The molecule has 1 aromatic carbocycles. The van der Waals surface area contributed by atoms with Gasteiger partial charge in [-0.05, 0) is 93.7 Å². The van der Waals surface area contributed by atoms with Crippen molar-refractivity contribution in [2.75, 3.05) is 6.54 Å². The van der Waals surface area contributed by atoms with Gasteiger partial charge in [0.05, 0.1) is 0 Å². The number of nitrogens with one attached hydrogen (secondary N) is 2. The Bertz CT molecular complexity index is 813. The van der Waals surface area contributed by atoms with Crippen LogP contribution in [0.15, 0.2) is 0 Å². The lowest BCUT2D eigenvalue weighted by molar-refractivity contribution is -0.135. The van der Waals surface area contributed by atoms with Crippen LogP contribution >= 0.6 is 0 Å². The highest BCUT2D eigenvalue weighted by molar-refractivity contribution is 6.09. The Balaban J connectivity index is 1.68. The zero-order valence-corrected chi connectivity index (χ0v) is 17.1. The van der Waals surface area contributed by atoms with Gasteiger partial charge in [-0.1, -0.05) is 0 Å². The number of rotatable bonds is 5. The second-order valence-corrected chi connectivity index (χ2v) is 8.18. The Morgan fingerprint density at radius 1 is 1.04 bits per heavy atom. The van der Waals surface area contributed by atoms with Gasteiger partial charge in [-0.15, -0.1) is 0 Å². The molecule has 2 fully saturated rings. The van der Waals surface area contributed by atoms with E-state index in [1.165, 1.54) is 27.8 Å². The van der Waals surface area contributed by atoms with Crippen molar-refractivity contribution in [2.45, 2.75) is 66.5 Å². The summed E-state index contributed by atoms with van der Waals surface area (Å²) in [4.78, 5) is 38.3. The summed E-state index contributed by atoms with van der Waals surface area (Å²) in [5, 5.41) is 5.65. The minimum Gasteiger partial charge on any atom is -0.350 e. The molecular formula is C21H29N3O3. The summed E-state index contributed by atoms with van der Waals surface area (Å²) in [5.74, 6) is -0.432. The van der Waals surface area contributed by atoms with Crippen molar-refractivity contribution in [2.24, 2.45) is 5.92 Å². The van der Waals surface area contributed by atoms with Gasteiger partial charge in [0.25, 0.3) is 5.91 Å². The van der Waals surface area contributed by atoms with Crippen molar-refractivity contribution < 1.29 is 14.4 Å². The van der Waals surface area contributed by atoms with Crippen LogP contribution in [0.5, 0.6) is 0 Å². The van der Waals surface area contributed by atoms with E-state index >= 15 is 0 Å². The Kier molecular flexibility index (Phi) is 4.78. The maximum atomic E-state index is 12.6. The number of hydrogen-bond acceptors (Lipinski definition) is 3. The Labute approximate surface area is 160 Å². The standard InChI is InChI=1S/C21H29N3O3/c1-11-12(2)14(4)17(15(5)13(11)3)9-22-18(25)10-24-19(26)21(6,16-7-8-16)23-20(24)27/h16H,7-10H2,1-6H3,(H,22,25)(H,23,27). The third-order valence-corrected chi connectivity index (χ3v) is 6.61. The molecule has 6 nitrogen and oxygen atoms in total. The van der Waals surface area contributed by atoms with Gasteiger partial charge in [0, 0.05) is 6.54 Å². The fourth-order valence-corrected chi connectivity index (χ4v) is 4.03. The SMILES string of the molecule is Cc1c(C)c(C)c(CNC(=O)CN2C(=O)NC(C)(C3CC3)C2=O)c(C)c1C. The Hall–Kier alpha value is -2.37. The van der Waals surface area contributed by atoms with Gasteiger partial charge < -0.3 is 10.6 Å². The monoisotopic (exact) mass is 371 g/mol. The molecule has 1 unspecified atom stereocenters. The van der Waals surface area contributed by atoms with Gasteiger partial charge in [0.1, 0.15) is 12.1 Å². The number of carbonyl (C=O) groups is 3. The topological polar surface area (TPSA) is 78.5 Å². The van der Waals surface area contributed by atoms with Gasteiger partial charge in [-0.2, -0.15) is 0 Å². The predicted molar refractivity (Wildman–Crippen MR) is 103 cm³/mol. The average Bonchev–Trinajstić information content (AvgIpc) is 3.44. The lowest BCUT2D eigenvalue weighted by Crippen LogP contribution is -2.47. The summed E-state index contributed by atoms with van der Waals surface area (Å²) < 4.78 is 0. The molecule has 0 spiro atoms. The van der Waals surface area contributed by atoms with E-state index in [-0.39, 0.29) is 24.3 Å².